The first-order valence-electron chi connectivity index (χ1n) is 7.87. The molecule has 0 bridgehead atoms. The van der Waals surface area contributed by atoms with E-state index in [2.05, 4.69) is 5.32 Å². The summed E-state index contributed by atoms with van der Waals surface area (Å²) in [5, 5.41) is 13.8. The summed E-state index contributed by atoms with van der Waals surface area (Å²) in [6.07, 6.45) is 0.167. The summed E-state index contributed by atoms with van der Waals surface area (Å²) in [6, 6.07) is 12.9. The Morgan fingerprint density at radius 3 is 2.56 bits per heavy atom. The van der Waals surface area contributed by atoms with Crippen LogP contribution in [0.1, 0.15) is 22.3 Å². The van der Waals surface area contributed by atoms with Crippen LogP contribution in [0.3, 0.4) is 0 Å². The van der Waals surface area contributed by atoms with Gasteiger partial charge in [0, 0.05) is 24.7 Å². The van der Waals surface area contributed by atoms with Gasteiger partial charge in [-0.15, -0.1) is 0 Å². The van der Waals surface area contributed by atoms with Crippen molar-refractivity contribution < 1.29 is 14.5 Å². The summed E-state index contributed by atoms with van der Waals surface area (Å²) in [5.74, 6) is -0.632. The molecule has 1 fully saturated rings. The number of rotatable bonds is 4. The molecule has 7 nitrogen and oxygen atoms in total. The second-order valence-electron chi connectivity index (χ2n) is 5.99. The maximum absolute atomic E-state index is 12.4. The molecule has 1 atom stereocenters. The molecule has 2 aromatic carbocycles. The van der Waals surface area contributed by atoms with Crippen LogP contribution in [0.4, 0.5) is 11.4 Å². The van der Waals surface area contributed by atoms with E-state index in [1.807, 2.05) is 31.2 Å². The first kappa shape index (κ1) is 16.6. The SMILES string of the molecule is Cc1ccc(N2CC(NC(=O)c3ccccc3[N+](=O)[O-])CC2=O)cc1. The molecule has 1 heterocycles. The van der Waals surface area contributed by atoms with Gasteiger partial charge in [-0.1, -0.05) is 29.8 Å². The Bertz CT molecular complexity index is 832. The predicted octanol–water partition coefficient (Wildman–Crippen LogP) is 2.44. The first-order valence-corrected chi connectivity index (χ1v) is 7.87. The van der Waals surface area contributed by atoms with Crippen molar-refractivity contribution >= 4 is 23.2 Å². The molecule has 0 aromatic heterocycles. The molecule has 1 aliphatic heterocycles. The number of nitrogens with zero attached hydrogens (tertiary/aromatic N) is 2. The van der Waals surface area contributed by atoms with Crippen molar-refractivity contribution in [1.29, 1.82) is 0 Å². The highest BCUT2D eigenvalue weighted by Crippen LogP contribution is 2.23. The number of anilines is 1. The number of hydrogen-bond donors (Lipinski definition) is 1. The van der Waals surface area contributed by atoms with Gasteiger partial charge in [0.05, 0.1) is 11.0 Å². The monoisotopic (exact) mass is 339 g/mol. The van der Waals surface area contributed by atoms with Gasteiger partial charge in [-0.2, -0.15) is 0 Å². The number of aryl methyl sites for hydroxylation is 1. The van der Waals surface area contributed by atoms with Crippen LogP contribution in [0.25, 0.3) is 0 Å². The third-order valence-corrected chi connectivity index (χ3v) is 4.15. The Balaban J connectivity index is 1.72. The average Bonchev–Trinajstić information content (AvgIpc) is 2.95. The van der Waals surface area contributed by atoms with Crippen LogP contribution >= 0.6 is 0 Å². The van der Waals surface area contributed by atoms with Gasteiger partial charge >= 0.3 is 0 Å². The third kappa shape index (κ3) is 3.50. The molecule has 0 aliphatic carbocycles. The average molecular weight is 339 g/mol. The molecule has 1 saturated heterocycles. The number of nitro benzene ring substituents is 1. The van der Waals surface area contributed by atoms with E-state index in [0.717, 1.165) is 11.3 Å². The molecule has 128 valence electrons. The number of nitrogens with one attached hydrogen (secondary N) is 1. The summed E-state index contributed by atoms with van der Waals surface area (Å²) in [4.78, 5) is 36.7. The van der Waals surface area contributed by atoms with Crippen LogP contribution in [0.15, 0.2) is 48.5 Å². The van der Waals surface area contributed by atoms with Crippen molar-refractivity contribution in [3.63, 3.8) is 0 Å². The lowest BCUT2D eigenvalue weighted by Gasteiger charge is -2.17. The molecule has 1 unspecified atom stereocenters. The minimum atomic E-state index is -0.590. The maximum atomic E-state index is 12.4. The highest BCUT2D eigenvalue weighted by Gasteiger charge is 2.32. The predicted molar refractivity (Wildman–Crippen MR) is 92.5 cm³/mol. The topological polar surface area (TPSA) is 92.6 Å². The number of carbonyl (C=O) groups is 2. The van der Waals surface area contributed by atoms with Gasteiger partial charge in [0.25, 0.3) is 11.6 Å². The lowest BCUT2D eigenvalue weighted by atomic mass is 10.1. The maximum Gasteiger partial charge on any atom is 0.282 e. The number of nitro groups is 1. The first-order chi connectivity index (χ1) is 12.0. The van der Waals surface area contributed by atoms with Crippen LogP contribution in [0.5, 0.6) is 0 Å². The van der Waals surface area contributed by atoms with E-state index in [1.165, 1.54) is 18.2 Å². The molecule has 3 rings (SSSR count). The molecule has 0 saturated carbocycles. The fourth-order valence-corrected chi connectivity index (χ4v) is 2.87. The van der Waals surface area contributed by atoms with Crippen molar-refractivity contribution in [2.45, 2.75) is 19.4 Å². The Morgan fingerprint density at radius 2 is 1.88 bits per heavy atom. The van der Waals surface area contributed by atoms with E-state index in [-0.39, 0.29) is 29.6 Å². The summed E-state index contributed by atoms with van der Waals surface area (Å²) < 4.78 is 0. The third-order valence-electron chi connectivity index (χ3n) is 4.15. The fourth-order valence-electron chi connectivity index (χ4n) is 2.87. The van der Waals surface area contributed by atoms with Crippen LogP contribution in [0, 0.1) is 17.0 Å². The molecule has 1 N–H and O–H groups in total. The van der Waals surface area contributed by atoms with Gasteiger partial charge in [0.1, 0.15) is 5.56 Å². The Morgan fingerprint density at radius 1 is 1.20 bits per heavy atom. The van der Waals surface area contributed by atoms with Crippen LogP contribution in [-0.4, -0.2) is 29.3 Å². The normalized spacial score (nSPS) is 16.8. The van der Waals surface area contributed by atoms with Gasteiger partial charge in [0.2, 0.25) is 5.91 Å². The molecule has 7 heteroatoms. The number of carbonyl (C=O) groups excluding carboxylic acids is 2. The van der Waals surface area contributed by atoms with E-state index in [1.54, 1.807) is 11.0 Å². The second-order valence-corrected chi connectivity index (χ2v) is 5.99. The molecule has 2 aromatic rings. The van der Waals surface area contributed by atoms with Gasteiger partial charge in [-0.05, 0) is 25.1 Å². The molecule has 2 amide bonds. The minimum absolute atomic E-state index is 0.00580. The zero-order valence-electron chi connectivity index (χ0n) is 13.6. The van der Waals surface area contributed by atoms with E-state index < -0.39 is 10.8 Å². The highest BCUT2D eigenvalue weighted by atomic mass is 16.6. The number of amides is 2. The Labute approximate surface area is 144 Å². The van der Waals surface area contributed by atoms with Crippen molar-refractivity contribution in [3.8, 4) is 0 Å². The Kier molecular flexibility index (Phi) is 4.47. The highest BCUT2D eigenvalue weighted by molar-refractivity contribution is 6.00. The quantitative estimate of drug-likeness (QED) is 0.684. The summed E-state index contributed by atoms with van der Waals surface area (Å²) in [6.45, 7) is 2.31. The molecule has 0 spiro atoms. The molecular formula is C18H17N3O4. The fraction of sp³-hybridized carbons (Fsp3) is 0.222. The molecular weight excluding hydrogens is 322 g/mol. The zero-order chi connectivity index (χ0) is 18.0. The summed E-state index contributed by atoms with van der Waals surface area (Å²) >= 11 is 0. The van der Waals surface area contributed by atoms with Gasteiger partial charge in [-0.25, -0.2) is 0 Å². The van der Waals surface area contributed by atoms with Gasteiger partial charge in [-0.3, -0.25) is 19.7 Å². The summed E-state index contributed by atoms with van der Waals surface area (Å²) in [7, 11) is 0. The van der Waals surface area contributed by atoms with Crippen molar-refractivity contribution in [2.75, 3.05) is 11.4 Å². The number of para-hydroxylation sites is 1. The van der Waals surface area contributed by atoms with Crippen LogP contribution < -0.4 is 10.2 Å². The lowest BCUT2D eigenvalue weighted by Crippen LogP contribution is -2.37. The smallest absolute Gasteiger partial charge is 0.282 e. The van der Waals surface area contributed by atoms with Crippen LogP contribution in [-0.2, 0) is 4.79 Å². The van der Waals surface area contributed by atoms with Gasteiger partial charge in [0.15, 0.2) is 0 Å². The zero-order valence-corrected chi connectivity index (χ0v) is 13.6. The lowest BCUT2D eigenvalue weighted by molar-refractivity contribution is -0.385. The number of hydrogen-bond acceptors (Lipinski definition) is 4. The minimum Gasteiger partial charge on any atom is -0.347 e. The van der Waals surface area contributed by atoms with E-state index in [9.17, 15) is 19.7 Å². The molecule has 1 aliphatic rings. The Hall–Kier alpha value is -3.22. The van der Waals surface area contributed by atoms with E-state index in [4.69, 9.17) is 0 Å². The number of benzene rings is 2. The van der Waals surface area contributed by atoms with Crippen molar-refractivity contribution in [3.05, 3.63) is 69.8 Å². The largest absolute Gasteiger partial charge is 0.347 e. The van der Waals surface area contributed by atoms with Gasteiger partial charge < -0.3 is 10.2 Å². The molecule has 0 radical (unpaired) electrons. The van der Waals surface area contributed by atoms with E-state index >= 15 is 0 Å². The summed E-state index contributed by atoms with van der Waals surface area (Å²) in [5.41, 5.74) is 1.61. The standard InChI is InChI=1S/C18H17N3O4/c1-12-6-8-14(9-7-12)20-11-13(10-17(20)22)19-18(23)15-4-2-3-5-16(15)21(24)25/h2-9,13H,10-11H2,1H3,(H,19,23). The second kappa shape index (κ2) is 6.72. The van der Waals surface area contributed by atoms with Crippen LogP contribution in [0.2, 0.25) is 0 Å². The van der Waals surface area contributed by atoms with Crippen molar-refractivity contribution in [2.24, 2.45) is 0 Å². The molecule has 25 heavy (non-hydrogen) atoms. The van der Waals surface area contributed by atoms with Crippen molar-refractivity contribution in [1.82, 2.24) is 5.32 Å². The van der Waals surface area contributed by atoms with E-state index in [0.29, 0.717) is 6.54 Å².